The number of nitrogens with zero attached hydrogens (tertiary/aromatic N) is 1. The molecule has 0 aliphatic heterocycles. The molecule has 1 aromatic rings. The third-order valence-corrected chi connectivity index (χ3v) is 3.62. The third kappa shape index (κ3) is 5.09. The molecule has 0 saturated heterocycles. The van der Waals surface area contributed by atoms with Gasteiger partial charge >= 0.3 is 5.97 Å². The molecule has 0 unspecified atom stereocenters. The highest BCUT2D eigenvalue weighted by Crippen LogP contribution is 2.19. The molecule has 1 N–H and O–H groups in total. The summed E-state index contributed by atoms with van der Waals surface area (Å²) in [5.41, 5.74) is 1.18. The van der Waals surface area contributed by atoms with Crippen molar-refractivity contribution in [3.63, 3.8) is 0 Å². The molecule has 1 rings (SSSR count). The second-order valence-corrected chi connectivity index (χ2v) is 5.54. The van der Waals surface area contributed by atoms with Gasteiger partial charge in [-0.1, -0.05) is 18.2 Å². The van der Waals surface area contributed by atoms with Crippen molar-refractivity contribution in [3.8, 4) is 0 Å². The zero-order chi connectivity index (χ0) is 15.1. The summed E-state index contributed by atoms with van der Waals surface area (Å²) in [5.74, 6) is -0.637. The molecule has 0 atom stereocenters. The first-order chi connectivity index (χ1) is 9.43. The van der Waals surface area contributed by atoms with Crippen molar-refractivity contribution >= 4 is 23.6 Å². The molecule has 4 nitrogen and oxygen atoms in total. The highest BCUT2D eigenvalue weighted by molar-refractivity contribution is 8.00. The van der Waals surface area contributed by atoms with Gasteiger partial charge in [-0.2, -0.15) is 0 Å². The average molecular weight is 293 g/mol. The molecule has 5 heteroatoms. The van der Waals surface area contributed by atoms with Crippen molar-refractivity contribution in [2.45, 2.75) is 18.7 Å². The molecule has 0 aliphatic carbocycles. The van der Waals surface area contributed by atoms with Crippen LogP contribution in [-0.2, 0) is 4.79 Å². The van der Waals surface area contributed by atoms with E-state index in [-0.39, 0.29) is 11.5 Å². The third-order valence-electron chi connectivity index (χ3n) is 2.64. The van der Waals surface area contributed by atoms with Crippen molar-refractivity contribution in [2.75, 3.05) is 18.8 Å². The first-order valence-corrected chi connectivity index (χ1v) is 7.31. The SMILES string of the molecule is C=C(C)CN(CC)C(=O)CSc1cccc(C(=O)O)c1. The number of carboxylic acids is 1. The Bertz CT molecular complexity index is 514. The number of carboxylic acid groups (broad SMARTS) is 1. The molecule has 0 saturated carbocycles. The molecule has 0 aromatic heterocycles. The fourth-order valence-electron chi connectivity index (χ4n) is 1.66. The highest BCUT2D eigenvalue weighted by Gasteiger charge is 2.12. The summed E-state index contributed by atoms with van der Waals surface area (Å²) in [6.07, 6.45) is 0. The van der Waals surface area contributed by atoms with Crippen LogP contribution in [0.2, 0.25) is 0 Å². The number of likely N-dealkylation sites (N-methyl/N-ethyl adjacent to an activating group) is 1. The van der Waals surface area contributed by atoms with Crippen LogP contribution in [0.3, 0.4) is 0 Å². The van der Waals surface area contributed by atoms with Crippen LogP contribution in [0.1, 0.15) is 24.2 Å². The molecular formula is C15H19NO3S. The van der Waals surface area contributed by atoms with Crippen LogP contribution >= 0.6 is 11.8 Å². The minimum Gasteiger partial charge on any atom is -0.478 e. The number of amides is 1. The summed E-state index contributed by atoms with van der Waals surface area (Å²) in [6, 6.07) is 6.60. The van der Waals surface area contributed by atoms with Gasteiger partial charge in [0.2, 0.25) is 5.91 Å². The summed E-state index contributed by atoms with van der Waals surface area (Å²) in [4.78, 5) is 25.4. The van der Waals surface area contributed by atoms with Gasteiger partial charge in [-0.05, 0) is 32.0 Å². The van der Waals surface area contributed by atoms with Gasteiger partial charge in [0.25, 0.3) is 0 Å². The van der Waals surface area contributed by atoms with E-state index in [0.29, 0.717) is 18.8 Å². The van der Waals surface area contributed by atoms with Crippen LogP contribution in [0.5, 0.6) is 0 Å². The second-order valence-electron chi connectivity index (χ2n) is 4.49. The van der Waals surface area contributed by atoms with Gasteiger partial charge in [0.15, 0.2) is 0 Å². The van der Waals surface area contributed by atoms with Gasteiger partial charge in [-0.25, -0.2) is 4.79 Å². The molecule has 0 heterocycles. The smallest absolute Gasteiger partial charge is 0.335 e. The van der Waals surface area contributed by atoms with Crippen LogP contribution in [0.25, 0.3) is 0 Å². The minimum atomic E-state index is -0.962. The maximum absolute atomic E-state index is 12.0. The lowest BCUT2D eigenvalue weighted by atomic mass is 10.2. The standard InChI is InChI=1S/C15H19NO3S/c1-4-16(9-11(2)3)14(17)10-20-13-7-5-6-12(8-13)15(18)19/h5-8H,2,4,9-10H2,1,3H3,(H,18,19). The first kappa shape index (κ1) is 16.3. The van der Waals surface area contributed by atoms with E-state index in [2.05, 4.69) is 6.58 Å². The number of aromatic carboxylic acids is 1. The molecule has 0 bridgehead atoms. The van der Waals surface area contributed by atoms with E-state index in [4.69, 9.17) is 5.11 Å². The predicted octanol–water partition coefficient (Wildman–Crippen LogP) is 2.90. The van der Waals surface area contributed by atoms with Crippen LogP contribution < -0.4 is 0 Å². The van der Waals surface area contributed by atoms with Crippen molar-refractivity contribution in [2.24, 2.45) is 0 Å². The largest absolute Gasteiger partial charge is 0.478 e. The van der Waals surface area contributed by atoms with Gasteiger partial charge in [-0.15, -0.1) is 11.8 Å². The highest BCUT2D eigenvalue weighted by atomic mass is 32.2. The van der Waals surface area contributed by atoms with Crippen LogP contribution in [-0.4, -0.2) is 40.7 Å². The number of hydrogen-bond donors (Lipinski definition) is 1. The van der Waals surface area contributed by atoms with E-state index in [0.717, 1.165) is 10.5 Å². The fraction of sp³-hybridized carbons (Fsp3) is 0.333. The molecule has 0 spiro atoms. The van der Waals surface area contributed by atoms with Crippen molar-refractivity contribution in [3.05, 3.63) is 42.0 Å². The summed E-state index contributed by atoms with van der Waals surface area (Å²) in [5, 5.41) is 8.92. The first-order valence-electron chi connectivity index (χ1n) is 6.32. The monoisotopic (exact) mass is 293 g/mol. The van der Waals surface area contributed by atoms with Crippen LogP contribution in [0, 0.1) is 0 Å². The summed E-state index contributed by atoms with van der Waals surface area (Å²) >= 11 is 1.35. The Morgan fingerprint density at radius 3 is 2.65 bits per heavy atom. The Labute approximate surface area is 123 Å². The second kappa shape index (κ2) is 7.75. The van der Waals surface area contributed by atoms with E-state index in [9.17, 15) is 9.59 Å². The van der Waals surface area contributed by atoms with E-state index in [1.165, 1.54) is 17.8 Å². The van der Waals surface area contributed by atoms with Crippen molar-refractivity contribution in [1.29, 1.82) is 0 Å². The van der Waals surface area contributed by atoms with E-state index >= 15 is 0 Å². The Morgan fingerprint density at radius 1 is 1.40 bits per heavy atom. The molecule has 0 aliphatic rings. The summed E-state index contributed by atoms with van der Waals surface area (Å²) in [7, 11) is 0. The number of hydrogen-bond acceptors (Lipinski definition) is 3. The van der Waals surface area contributed by atoms with Gasteiger partial charge in [-0.3, -0.25) is 4.79 Å². The van der Waals surface area contributed by atoms with Gasteiger partial charge in [0, 0.05) is 18.0 Å². The van der Waals surface area contributed by atoms with Crippen molar-refractivity contribution < 1.29 is 14.7 Å². The maximum atomic E-state index is 12.0. The molecule has 108 valence electrons. The molecular weight excluding hydrogens is 274 g/mol. The number of carbonyl (C=O) groups excluding carboxylic acids is 1. The molecule has 1 amide bonds. The number of benzene rings is 1. The molecule has 0 radical (unpaired) electrons. The van der Waals surface area contributed by atoms with E-state index in [1.54, 1.807) is 23.1 Å². The average Bonchev–Trinajstić information content (AvgIpc) is 2.42. The Kier molecular flexibility index (Phi) is 6.31. The fourth-order valence-corrected chi connectivity index (χ4v) is 2.52. The molecule has 0 fully saturated rings. The van der Waals surface area contributed by atoms with Gasteiger partial charge in [0.1, 0.15) is 0 Å². The van der Waals surface area contributed by atoms with E-state index in [1.807, 2.05) is 13.8 Å². The zero-order valence-corrected chi connectivity index (χ0v) is 12.6. The normalized spacial score (nSPS) is 10.1. The Hall–Kier alpha value is -1.75. The topological polar surface area (TPSA) is 57.6 Å². The summed E-state index contributed by atoms with van der Waals surface area (Å²) in [6.45, 7) is 8.82. The minimum absolute atomic E-state index is 0.0289. The number of rotatable bonds is 7. The quantitative estimate of drug-likeness (QED) is 0.620. The number of thioether (sulfide) groups is 1. The predicted molar refractivity (Wildman–Crippen MR) is 81.2 cm³/mol. The zero-order valence-electron chi connectivity index (χ0n) is 11.8. The van der Waals surface area contributed by atoms with Crippen molar-refractivity contribution in [1.82, 2.24) is 4.90 Å². The van der Waals surface area contributed by atoms with Gasteiger partial charge in [0.05, 0.1) is 11.3 Å². The number of carbonyl (C=O) groups is 2. The lowest BCUT2D eigenvalue weighted by Crippen LogP contribution is -2.33. The van der Waals surface area contributed by atoms with Crippen LogP contribution in [0.4, 0.5) is 0 Å². The summed E-state index contributed by atoms with van der Waals surface area (Å²) < 4.78 is 0. The Morgan fingerprint density at radius 2 is 2.10 bits per heavy atom. The lowest BCUT2D eigenvalue weighted by Gasteiger charge is -2.20. The Balaban J connectivity index is 2.62. The maximum Gasteiger partial charge on any atom is 0.335 e. The lowest BCUT2D eigenvalue weighted by molar-refractivity contribution is -0.127. The molecule has 20 heavy (non-hydrogen) atoms. The van der Waals surface area contributed by atoms with Gasteiger partial charge < -0.3 is 10.0 Å². The molecule has 1 aromatic carbocycles. The van der Waals surface area contributed by atoms with E-state index < -0.39 is 5.97 Å². The van der Waals surface area contributed by atoms with Crippen LogP contribution in [0.15, 0.2) is 41.3 Å².